The zero-order valence-electron chi connectivity index (χ0n) is 35.5. The van der Waals surface area contributed by atoms with Crippen molar-refractivity contribution in [2.45, 2.75) is 26.9 Å². The van der Waals surface area contributed by atoms with Gasteiger partial charge in [-0.25, -0.2) is 0 Å². The van der Waals surface area contributed by atoms with Crippen molar-refractivity contribution < 1.29 is 20.8 Å². The van der Waals surface area contributed by atoms with Crippen molar-refractivity contribution in [3.63, 3.8) is 0 Å². The van der Waals surface area contributed by atoms with Crippen LogP contribution in [0.2, 0.25) is 13.1 Å². The molecule has 10 aromatic rings. The molecule has 302 valence electrons. The zero-order valence-corrected chi connectivity index (χ0v) is 40.5. The molecule has 0 N–H and O–H groups in total. The molecule has 0 saturated carbocycles. The number of aryl methyl sites for hydroxylation is 2. The molecular weight excluding hydrogens is 887 g/mol. The second-order valence-electron chi connectivity index (χ2n) is 15.1. The van der Waals surface area contributed by atoms with Crippen molar-refractivity contribution in [1.29, 1.82) is 0 Å². The first-order valence-electron chi connectivity index (χ1n) is 20.8. The molecule has 0 aliphatic rings. The molecule has 0 unspecified atom stereocenters. The zero-order chi connectivity index (χ0) is 43.3. The third kappa shape index (κ3) is 10.5. The Balaban J connectivity index is 0.000000166. The van der Waals surface area contributed by atoms with E-state index in [0.717, 1.165) is 9.52 Å². The molecule has 0 heterocycles. The van der Waals surface area contributed by atoms with E-state index in [1.54, 1.807) is 0 Å². The summed E-state index contributed by atoms with van der Waals surface area (Å²) in [4.78, 5) is 0. The molecule has 0 aliphatic carbocycles. The number of fused-ring (bicyclic) bond motifs is 2. The third-order valence-electron chi connectivity index (χ3n) is 11.0. The number of hydrogen-bond donors (Lipinski definition) is 0. The molecule has 0 aromatic heterocycles. The van der Waals surface area contributed by atoms with Gasteiger partial charge in [0.25, 0.3) is 0 Å². The summed E-state index contributed by atoms with van der Waals surface area (Å²) in [5, 5.41) is 5.23. The molecule has 0 bridgehead atoms. The van der Waals surface area contributed by atoms with Gasteiger partial charge in [-0.3, -0.25) is 0 Å². The maximum atomic E-state index is 4.93. The standard InChI is InChI=1S/2C28H21.C2H6Si.2ClH.Zr/c2*1-20-16-17-23-18-24(21-10-4-2-5-11-21)19-27(23)28(20)26-15-9-8-14-25(26)22-12-6-3-7-13-22;1-3-2;;;/h2*2-19H,1H3;1-2H3;2*1H;/q2*-1;;;;+4/p-2. The summed E-state index contributed by atoms with van der Waals surface area (Å²) >= 11 is -0.826. The van der Waals surface area contributed by atoms with Crippen LogP contribution in [0.4, 0.5) is 0 Å². The van der Waals surface area contributed by atoms with Crippen molar-refractivity contribution >= 4 is 48.1 Å². The SMILES string of the molecule is C[Si]C.Cc1ccc2[cH-]c(-c3ccccc3)cc2c1-c1ccccc1-c1ccccc1.Cc1ccc2[cH-]c(-c3ccccc3)cc2c1-c1ccccc1-c1ccccc1.[Cl][Zr+2][Cl]. The van der Waals surface area contributed by atoms with Gasteiger partial charge in [-0.1, -0.05) is 217 Å². The van der Waals surface area contributed by atoms with Crippen LogP contribution in [0, 0.1) is 13.8 Å². The molecule has 4 heteroatoms. The second kappa shape index (κ2) is 22.1. The van der Waals surface area contributed by atoms with Crippen LogP contribution in [0.5, 0.6) is 0 Å². The summed E-state index contributed by atoms with van der Waals surface area (Å²) in [6.07, 6.45) is 0. The van der Waals surface area contributed by atoms with Crippen molar-refractivity contribution in [3.05, 3.63) is 230 Å². The van der Waals surface area contributed by atoms with Crippen LogP contribution in [0.25, 0.3) is 88.3 Å². The molecule has 0 nitrogen and oxygen atoms in total. The third-order valence-corrected chi connectivity index (χ3v) is 11.0. The van der Waals surface area contributed by atoms with E-state index in [1.807, 2.05) is 0 Å². The first kappa shape index (κ1) is 44.7. The molecule has 0 atom stereocenters. The minimum absolute atomic E-state index is 0.826. The Hall–Kier alpha value is -5.34. The number of hydrogen-bond acceptors (Lipinski definition) is 0. The van der Waals surface area contributed by atoms with Gasteiger partial charge < -0.3 is 0 Å². The molecule has 2 radical (unpaired) electrons. The van der Waals surface area contributed by atoms with E-state index in [1.165, 1.54) is 99.4 Å². The molecular formula is C58H48Cl2SiZr. The summed E-state index contributed by atoms with van der Waals surface area (Å²) in [6.45, 7) is 8.73. The Labute approximate surface area is 389 Å². The van der Waals surface area contributed by atoms with E-state index in [9.17, 15) is 0 Å². The summed E-state index contributed by atoms with van der Waals surface area (Å²) in [7, 11) is 11.0. The van der Waals surface area contributed by atoms with E-state index in [-0.39, 0.29) is 0 Å². The van der Waals surface area contributed by atoms with Gasteiger partial charge in [-0.15, -0.1) is 69.1 Å². The van der Waals surface area contributed by atoms with Crippen LogP contribution in [0.15, 0.2) is 218 Å². The molecule has 10 rings (SSSR count). The number of halogens is 2. The molecule has 0 spiro atoms. The van der Waals surface area contributed by atoms with E-state index in [2.05, 4.69) is 245 Å². The van der Waals surface area contributed by atoms with Gasteiger partial charge >= 0.3 is 37.9 Å². The van der Waals surface area contributed by atoms with Gasteiger partial charge in [-0.05, 0) is 58.4 Å². The molecule has 0 aliphatic heterocycles. The average Bonchev–Trinajstić information content (AvgIpc) is 3.97. The monoisotopic (exact) mass is 932 g/mol. The van der Waals surface area contributed by atoms with Crippen LogP contribution in [-0.4, -0.2) is 9.52 Å². The van der Waals surface area contributed by atoms with Crippen molar-refractivity contribution in [1.82, 2.24) is 0 Å². The summed E-state index contributed by atoms with van der Waals surface area (Å²) in [5.74, 6) is 0. The summed E-state index contributed by atoms with van der Waals surface area (Å²) in [5.41, 5.74) is 18.0. The summed E-state index contributed by atoms with van der Waals surface area (Å²) < 4.78 is 0. The average molecular weight is 935 g/mol. The van der Waals surface area contributed by atoms with Gasteiger partial charge in [0, 0.05) is 9.52 Å². The van der Waals surface area contributed by atoms with Crippen molar-refractivity contribution in [3.8, 4) is 66.8 Å². The van der Waals surface area contributed by atoms with Gasteiger partial charge in [-0.2, -0.15) is 0 Å². The van der Waals surface area contributed by atoms with Crippen LogP contribution in [0.1, 0.15) is 11.1 Å². The number of benzene rings is 8. The van der Waals surface area contributed by atoms with Crippen LogP contribution < -0.4 is 0 Å². The molecule has 0 saturated heterocycles. The first-order chi connectivity index (χ1) is 30.4. The molecule has 0 fully saturated rings. The molecule has 0 amide bonds. The van der Waals surface area contributed by atoms with Crippen LogP contribution >= 0.6 is 17.0 Å². The van der Waals surface area contributed by atoms with E-state index in [0.29, 0.717) is 0 Å². The van der Waals surface area contributed by atoms with Crippen molar-refractivity contribution in [2.75, 3.05) is 0 Å². The Morgan fingerprint density at radius 2 is 0.645 bits per heavy atom. The van der Waals surface area contributed by atoms with Gasteiger partial charge in [0.15, 0.2) is 0 Å². The van der Waals surface area contributed by atoms with E-state index < -0.39 is 20.8 Å². The fourth-order valence-corrected chi connectivity index (χ4v) is 8.23. The normalized spacial score (nSPS) is 10.4. The fourth-order valence-electron chi connectivity index (χ4n) is 8.23. The van der Waals surface area contributed by atoms with Crippen molar-refractivity contribution in [2.24, 2.45) is 0 Å². The van der Waals surface area contributed by atoms with Gasteiger partial charge in [0.1, 0.15) is 0 Å². The fraction of sp³-hybridized carbons (Fsp3) is 0.0690. The quantitative estimate of drug-likeness (QED) is 0.115. The molecule has 10 aromatic carbocycles. The molecule has 62 heavy (non-hydrogen) atoms. The summed E-state index contributed by atoms with van der Waals surface area (Å²) in [6, 6.07) is 78.3. The Kier molecular flexibility index (Phi) is 16.0. The Bertz CT molecular complexity index is 2750. The maximum absolute atomic E-state index is 4.93. The topological polar surface area (TPSA) is 0 Å². The minimum atomic E-state index is -0.826. The second-order valence-corrected chi connectivity index (χ2v) is 19.9. The number of rotatable bonds is 6. The first-order valence-corrected chi connectivity index (χ1v) is 29.1. The van der Waals surface area contributed by atoms with Gasteiger partial charge in [0.05, 0.1) is 0 Å². The Morgan fingerprint density at radius 3 is 0.968 bits per heavy atom. The predicted molar refractivity (Wildman–Crippen MR) is 270 cm³/mol. The van der Waals surface area contributed by atoms with Crippen LogP contribution in [0.3, 0.4) is 0 Å². The Morgan fingerprint density at radius 1 is 0.371 bits per heavy atom. The predicted octanol–water partition coefficient (Wildman–Crippen LogP) is 17.9. The van der Waals surface area contributed by atoms with E-state index >= 15 is 0 Å². The van der Waals surface area contributed by atoms with Crippen LogP contribution in [-0.2, 0) is 20.8 Å². The van der Waals surface area contributed by atoms with Gasteiger partial charge in [0.2, 0.25) is 0 Å². The van der Waals surface area contributed by atoms with E-state index in [4.69, 9.17) is 17.0 Å².